The first kappa shape index (κ1) is 14.9. The van der Waals surface area contributed by atoms with E-state index >= 15 is 0 Å². The van der Waals surface area contributed by atoms with Gasteiger partial charge in [-0.1, -0.05) is 0 Å². The van der Waals surface area contributed by atoms with Crippen molar-refractivity contribution in [2.45, 2.75) is 69.3 Å². The molecule has 0 radical (unpaired) electrons. The maximum Gasteiger partial charge on any atom is 0.0964 e. The summed E-state index contributed by atoms with van der Waals surface area (Å²) in [6.45, 7) is 6.60. The Labute approximate surface area is 132 Å². The average Bonchev–Trinajstić information content (AvgIpc) is 3.23. The Morgan fingerprint density at radius 3 is 2.91 bits per heavy atom. The van der Waals surface area contributed by atoms with E-state index in [4.69, 9.17) is 10.0 Å². The predicted octanol–water partition coefficient (Wildman–Crippen LogP) is 1.15. The highest BCUT2D eigenvalue weighted by atomic mass is 16.7. The van der Waals surface area contributed by atoms with Crippen molar-refractivity contribution in [3.63, 3.8) is 0 Å². The molecule has 0 aromatic carbocycles. The van der Waals surface area contributed by atoms with Crippen LogP contribution in [0, 0.1) is 0 Å². The predicted molar refractivity (Wildman–Crippen MR) is 84.0 cm³/mol. The number of fused-ring (bicyclic) bond motifs is 2. The average molecular weight is 308 g/mol. The van der Waals surface area contributed by atoms with E-state index in [1.165, 1.54) is 38.8 Å². The number of oxime groups is 1. The lowest BCUT2D eigenvalue weighted by Crippen LogP contribution is -2.58. The zero-order valence-electron chi connectivity index (χ0n) is 13.5. The molecule has 0 aromatic heterocycles. The minimum absolute atomic E-state index is 0.307. The largest absolute Gasteiger partial charge is 0.411 e. The molecule has 0 aliphatic carbocycles. The van der Waals surface area contributed by atoms with Crippen molar-refractivity contribution in [3.05, 3.63) is 0 Å². The van der Waals surface area contributed by atoms with Gasteiger partial charge in [0.15, 0.2) is 0 Å². The van der Waals surface area contributed by atoms with Crippen LogP contribution in [0.25, 0.3) is 0 Å². The first-order valence-corrected chi connectivity index (χ1v) is 8.87. The molecule has 1 N–H and O–H groups in total. The van der Waals surface area contributed by atoms with E-state index in [1.807, 2.05) is 0 Å². The van der Waals surface area contributed by atoms with Crippen molar-refractivity contribution in [3.8, 4) is 0 Å². The summed E-state index contributed by atoms with van der Waals surface area (Å²) in [5.41, 5.74) is 0. The van der Waals surface area contributed by atoms with Crippen molar-refractivity contribution in [2.75, 3.05) is 26.2 Å². The summed E-state index contributed by atoms with van der Waals surface area (Å²) in [4.78, 5) is 11.5. The Bertz CT molecular complexity index is 432. The molecule has 4 aliphatic heterocycles. The monoisotopic (exact) mass is 308 g/mol. The summed E-state index contributed by atoms with van der Waals surface area (Å²) < 4.78 is 0. The number of hydroxylamine groups is 2. The van der Waals surface area contributed by atoms with Gasteiger partial charge in [0.05, 0.1) is 18.4 Å². The minimum atomic E-state index is 0.307. The lowest BCUT2D eigenvalue weighted by atomic mass is 9.97. The summed E-state index contributed by atoms with van der Waals surface area (Å²) in [6, 6.07) is 2.24. The van der Waals surface area contributed by atoms with Gasteiger partial charge in [0, 0.05) is 31.2 Å². The summed E-state index contributed by atoms with van der Waals surface area (Å²) in [5.74, 6) is 0. The van der Waals surface area contributed by atoms with E-state index in [-0.39, 0.29) is 0 Å². The highest BCUT2D eigenvalue weighted by Crippen LogP contribution is 2.38. The van der Waals surface area contributed by atoms with Crippen LogP contribution in [0.4, 0.5) is 0 Å². The number of hydrogen-bond acceptors (Lipinski definition) is 6. The molecule has 4 aliphatic rings. The third kappa shape index (κ3) is 2.46. The Balaban J connectivity index is 1.43. The van der Waals surface area contributed by atoms with Gasteiger partial charge in [0.2, 0.25) is 0 Å². The van der Waals surface area contributed by atoms with Crippen LogP contribution in [0.2, 0.25) is 0 Å². The molecule has 6 heteroatoms. The highest BCUT2D eigenvalue weighted by molar-refractivity contribution is 5.58. The van der Waals surface area contributed by atoms with Crippen molar-refractivity contribution < 1.29 is 10.0 Å². The standard InChI is InChI=1S/C16H28N4O2/c1-12-14-4-2-8-19(14)11-13-10-16(22-20(12)13)15-5-3-7-18(15)9-6-17-21/h6,12-16,21H,2-5,7-11H2,1H3/b17-6-. The molecule has 5 atom stereocenters. The second-order valence-electron chi connectivity index (χ2n) is 7.34. The van der Waals surface area contributed by atoms with Gasteiger partial charge in [0.25, 0.3) is 0 Å². The number of rotatable bonds is 3. The van der Waals surface area contributed by atoms with Crippen LogP contribution in [-0.4, -0.2) is 82.7 Å². The molecule has 0 saturated carbocycles. The van der Waals surface area contributed by atoms with E-state index < -0.39 is 0 Å². The Kier molecular flexibility index (Phi) is 4.11. The van der Waals surface area contributed by atoms with Gasteiger partial charge in [-0.3, -0.25) is 14.6 Å². The lowest BCUT2D eigenvalue weighted by Gasteiger charge is -2.43. The molecular formula is C16H28N4O2. The molecule has 0 spiro atoms. The van der Waals surface area contributed by atoms with Gasteiger partial charge >= 0.3 is 0 Å². The van der Waals surface area contributed by atoms with E-state index in [0.717, 1.165) is 19.5 Å². The smallest absolute Gasteiger partial charge is 0.0964 e. The van der Waals surface area contributed by atoms with E-state index in [9.17, 15) is 0 Å². The van der Waals surface area contributed by atoms with E-state index in [0.29, 0.717) is 30.3 Å². The molecule has 4 rings (SSSR count). The maximum absolute atomic E-state index is 8.67. The molecule has 4 fully saturated rings. The Morgan fingerprint density at radius 1 is 1.23 bits per heavy atom. The minimum Gasteiger partial charge on any atom is -0.411 e. The quantitative estimate of drug-likeness (QED) is 0.481. The molecule has 4 heterocycles. The van der Waals surface area contributed by atoms with Crippen LogP contribution in [-0.2, 0) is 4.84 Å². The van der Waals surface area contributed by atoms with Crippen LogP contribution in [0.3, 0.4) is 0 Å². The zero-order chi connectivity index (χ0) is 15.1. The van der Waals surface area contributed by atoms with Crippen LogP contribution in [0.1, 0.15) is 39.0 Å². The fourth-order valence-corrected chi connectivity index (χ4v) is 5.17. The molecule has 4 saturated heterocycles. The van der Waals surface area contributed by atoms with Crippen molar-refractivity contribution in [1.29, 1.82) is 0 Å². The molecular weight excluding hydrogens is 280 g/mol. The van der Waals surface area contributed by atoms with Crippen molar-refractivity contribution >= 4 is 6.21 Å². The SMILES string of the molecule is CC1C2CCCN2CC2CC(C3CCCN3C/C=N\O)ON21. The molecule has 0 bridgehead atoms. The maximum atomic E-state index is 8.67. The molecule has 6 nitrogen and oxygen atoms in total. The summed E-state index contributed by atoms with van der Waals surface area (Å²) in [7, 11) is 0. The fourth-order valence-electron chi connectivity index (χ4n) is 5.17. The van der Waals surface area contributed by atoms with Crippen molar-refractivity contribution in [1.82, 2.24) is 14.9 Å². The topological polar surface area (TPSA) is 51.5 Å². The van der Waals surface area contributed by atoms with Crippen molar-refractivity contribution in [2.24, 2.45) is 5.16 Å². The fraction of sp³-hybridized carbons (Fsp3) is 0.938. The second-order valence-corrected chi connectivity index (χ2v) is 7.34. The summed E-state index contributed by atoms with van der Waals surface area (Å²) >= 11 is 0. The highest BCUT2D eigenvalue weighted by Gasteiger charge is 2.49. The van der Waals surface area contributed by atoms with Gasteiger partial charge in [-0.25, -0.2) is 0 Å². The summed E-state index contributed by atoms with van der Waals surface area (Å²) in [6.07, 6.45) is 8.13. The Morgan fingerprint density at radius 2 is 2.05 bits per heavy atom. The number of hydrogen-bond donors (Lipinski definition) is 1. The number of likely N-dealkylation sites (tertiary alicyclic amines) is 1. The zero-order valence-corrected chi connectivity index (χ0v) is 13.5. The Hall–Kier alpha value is -0.690. The number of nitrogens with zero attached hydrogens (tertiary/aromatic N) is 4. The normalized spacial score (nSPS) is 44.0. The van der Waals surface area contributed by atoms with E-state index in [1.54, 1.807) is 6.21 Å². The van der Waals surface area contributed by atoms with Crippen LogP contribution in [0.15, 0.2) is 5.16 Å². The first-order valence-electron chi connectivity index (χ1n) is 8.87. The molecule has 22 heavy (non-hydrogen) atoms. The molecule has 0 aromatic rings. The van der Waals surface area contributed by atoms with Crippen LogP contribution < -0.4 is 0 Å². The van der Waals surface area contributed by atoms with Crippen LogP contribution in [0.5, 0.6) is 0 Å². The van der Waals surface area contributed by atoms with Gasteiger partial charge in [-0.15, -0.1) is 5.16 Å². The van der Waals surface area contributed by atoms with Gasteiger partial charge in [-0.05, 0) is 52.1 Å². The van der Waals surface area contributed by atoms with Gasteiger partial charge < -0.3 is 5.21 Å². The van der Waals surface area contributed by atoms with Crippen LogP contribution >= 0.6 is 0 Å². The summed E-state index contributed by atoms with van der Waals surface area (Å²) in [5, 5.41) is 14.2. The lowest BCUT2D eigenvalue weighted by molar-refractivity contribution is -0.221. The first-order chi connectivity index (χ1) is 10.8. The third-order valence-corrected chi connectivity index (χ3v) is 6.18. The van der Waals surface area contributed by atoms with Gasteiger partial charge in [-0.2, -0.15) is 5.06 Å². The molecule has 5 unspecified atom stereocenters. The second kappa shape index (κ2) is 6.07. The van der Waals surface area contributed by atoms with E-state index in [2.05, 4.69) is 26.9 Å². The number of piperazine rings is 1. The molecule has 0 amide bonds. The van der Waals surface area contributed by atoms with Gasteiger partial charge in [0.1, 0.15) is 0 Å². The molecule has 124 valence electrons. The third-order valence-electron chi connectivity index (χ3n) is 6.18.